The molecule has 0 saturated heterocycles. The fourth-order valence-electron chi connectivity index (χ4n) is 3.51. The van der Waals surface area contributed by atoms with E-state index in [0.29, 0.717) is 5.92 Å². The Labute approximate surface area is 122 Å². The van der Waals surface area contributed by atoms with Gasteiger partial charge in [-0.25, -0.2) is 0 Å². The molecular weight excluding hydrogens is 250 g/mol. The fraction of sp³-hybridized carbons (Fsp3) is 0.647. The molecule has 0 radical (unpaired) electrons. The molecule has 0 amide bonds. The standard InChI is InChI=1S/C17H27NO2/c1-13-6-4-7-14(2)16(13)20-11-9-15-8-5-10-17(15,12-19)18-3/h4,6-7,15,18-19H,5,8-12H2,1-3H3. The van der Waals surface area contributed by atoms with Crippen LogP contribution in [-0.4, -0.2) is 30.9 Å². The molecule has 3 heteroatoms. The average Bonchev–Trinajstić information content (AvgIpc) is 2.85. The summed E-state index contributed by atoms with van der Waals surface area (Å²) in [6.07, 6.45) is 4.43. The van der Waals surface area contributed by atoms with Crippen LogP contribution in [0.25, 0.3) is 0 Å². The Morgan fingerprint density at radius 3 is 2.65 bits per heavy atom. The SMILES string of the molecule is CNC1(CO)CCCC1CCOc1c(C)cccc1C. The van der Waals surface area contributed by atoms with Gasteiger partial charge in [-0.2, -0.15) is 0 Å². The molecule has 0 spiro atoms. The molecule has 2 N–H and O–H groups in total. The molecule has 0 aliphatic heterocycles. The van der Waals surface area contributed by atoms with Crippen molar-refractivity contribution >= 4 is 0 Å². The molecule has 1 saturated carbocycles. The lowest BCUT2D eigenvalue weighted by molar-refractivity contribution is 0.117. The van der Waals surface area contributed by atoms with Crippen LogP contribution in [0.15, 0.2) is 18.2 Å². The van der Waals surface area contributed by atoms with Gasteiger partial charge in [-0.05, 0) is 57.2 Å². The Balaban J connectivity index is 1.93. The van der Waals surface area contributed by atoms with Gasteiger partial charge in [-0.3, -0.25) is 0 Å². The molecule has 112 valence electrons. The summed E-state index contributed by atoms with van der Waals surface area (Å²) in [5.41, 5.74) is 2.29. The maximum Gasteiger partial charge on any atom is 0.125 e. The first-order chi connectivity index (χ1) is 9.63. The predicted molar refractivity (Wildman–Crippen MR) is 82.2 cm³/mol. The summed E-state index contributed by atoms with van der Waals surface area (Å²) < 4.78 is 6.00. The van der Waals surface area contributed by atoms with Crippen LogP contribution < -0.4 is 10.1 Å². The molecule has 2 rings (SSSR count). The average molecular weight is 277 g/mol. The van der Waals surface area contributed by atoms with Gasteiger partial charge in [0, 0.05) is 5.54 Å². The summed E-state index contributed by atoms with van der Waals surface area (Å²) in [5.74, 6) is 1.52. The molecule has 1 aromatic carbocycles. The van der Waals surface area contributed by atoms with E-state index in [1.807, 2.05) is 7.05 Å². The van der Waals surface area contributed by atoms with Gasteiger partial charge in [-0.1, -0.05) is 24.6 Å². The fourth-order valence-corrected chi connectivity index (χ4v) is 3.51. The number of aryl methyl sites for hydroxylation is 2. The summed E-state index contributed by atoms with van der Waals surface area (Å²) in [4.78, 5) is 0. The van der Waals surface area contributed by atoms with Crippen LogP contribution in [0.1, 0.15) is 36.8 Å². The van der Waals surface area contributed by atoms with Gasteiger partial charge >= 0.3 is 0 Å². The van der Waals surface area contributed by atoms with Crippen molar-refractivity contribution in [2.75, 3.05) is 20.3 Å². The lowest BCUT2D eigenvalue weighted by Crippen LogP contribution is -2.49. The number of likely N-dealkylation sites (N-methyl/N-ethyl adjacent to an activating group) is 1. The van der Waals surface area contributed by atoms with E-state index in [2.05, 4.69) is 37.4 Å². The molecular formula is C17H27NO2. The van der Waals surface area contributed by atoms with E-state index in [-0.39, 0.29) is 12.1 Å². The first-order valence-corrected chi connectivity index (χ1v) is 7.62. The summed E-state index contributed by atoms with van der Waals surface area (Å²) >= 11 is 0. The van der Waals surface area contributed by atoms with Gasteiger partial charge in [0.2, 0.25) is 0 Å². The Hall–Kier alpha value is -1.06. The van der Waals surface area contributed by atoms with Crippen LogP contribution in [0.4, 0.5) is 0 Å². The van der Waals surface area contributed by atoms with Gasteiger partial charge < -0.3 is 15.2 Å². The third-order valence-corrected chi connectivity index (χ3v) is 4.86. The molecule has 2 atom stereocenters. The van der Waals surface area contributed by atoms with Crippen LogP contribution in [-0.2, 0) is 0 Å². The van der Waals surface area contributed by atoms with Gasteiger partial charge in [0.1, 0.15) is 5.75 Å². The second-order valence-electron chi connectivity index (χ2n) is 6.01. The van der Waals surface area contributed by atoms with Gasteiger partial charge in [0.05, 0.1) is 13.2 Å². The number of hydrogen-bond acceptors (Lipinski definition) is 3. The minimum absolute atomic E-state index is 0.0931. The van der Waals surface area contributed by atoms with E-state index in [9.17, 15) is 5.11 Å². The maximum atomic E-state index is 9.69. The minimum atomic E-state index is -0.0931. The van der Waals surface area contributed by atoms with Crippen LogP contribution >= 0.6 is 0 Å². The second-order valence-corrected chi connectivity index (χ2v) is 6.01. The molecule has 2 unspecified atom stereocenters. The lowest BCUT2D eigenvalue weighted by Gasteiger charge is -2.33. The quantitative estimate of drug-likeness (QED) is 0.840. The number of aliphatic hydroxyl groups excluding tert-OH is 1. The zero-order valence-electron chi connectivity index (χ0n) is 12.9. The molecule has 1 fully saturated rings. The van der Waals surface area contributed by atoms with Gasteiger partial charge in [-0.15, -0.1) is 0 Å². The number of aliphatic hydroxyl groups is 1. The summed E-state index contributed by atoms with van der Waals surface area (Å²) in [7, 11) is 1.96. The number of rotatable bonds is 6. The number of benzene rings is 1. The van der Waals surface area contributed by atoms with E-state index >= 15 is 0 Å². The van der Waals surface area contributed by atoms with Crippen LogP contribution in [0.5, 0.6) is 5.75 Å². The van der Waals surface area contributed by atoms with Crippen molar-refractivity contribution in [1.82, 2.24) is 5.32 Å². The first-order valence-electron chi connectivity index (χ1n) is 7.62. The Morgan fingerprint density at radius 1 is 1.35 bits per heavy atom. The zero-order valence-corrected chi connectivity index (χ0v) is 12.9. The highest BCUT2D eigenvalue weighted by Gasteiger charge is 2.40. The summed E-state index contributed by atoms with van der Waals surface area (Å²) in [5, 5.41) is 13.0. The topological polar surface area (TPSA) is 41.5 Å². The highest BCUT2D eigenvalue weighted by molar-refractivity contribution is 5.39. The highest BCUT2D eigenvalue weighted by atomic mass is 16.5. The first kappa shape index (κ1) is 15.3. The van der Waals surface area contributed by atoms with Crippen molar-refractivity contribution in [2.45, 2.75) is 45.1 Å². The molecule has 0 bridgehead atoms. The molecule has 1 aromatic rings. The van der Waals surface area contributed by atoms with Crippen molar-refractivity contribution in [2.24, 2.45) is 5.92 Å². The van der Waals surface area contributed by atoms with Gasteiger partial charge in [0.15, 0.2) is 0 Å². The van der Waals surface area contributed by atoms with E-state index in [4.69, 9.17) is 4.74 Å². The molecule has 1 aliphatic rings. The molecule has 20 heavy (non-hydrogen) atoms. The minimum Gasteiger partial charge on any atom is -0.493 e. The van der Waals surface area contributed by atoms with Crippen molar-refractivity contribution in [3.63, 3.8) is 0 Å². The smallest absolute Gasteiger partial charge is 0.125 e. The molecule has 3 nitrogen and oxygen atoms in total. The van der Waals surface area contributed by atoms with Crippen molar-refractivity contribution in [3.8, 4) is 5.75 Å². The third kappa shape index (κ3) is 2.99. The third-order valence-electron chi connectivity index (χ3n) is 4.86. The Morgan fingerprint density at radius 2 is 2.05 bits per heavy atom. The normalized spacial score (nSPS) is 25.9. The highest BCUT2D eigenvalue weighted by Crippen LogP contribution is 2.37. The van der Waals surface area contributed by atoms with Crippen molar-refractivity contribution in [3.05, 3.63) is 29.3 Å². The molecule has 1 aliphatic carbocycles. The number of para-hydroxylation sites is 1. The number of nitrogens with one attached hydrogen (secondary N) is 1. The largest absolute Gasteiger partial charge is 0.493 e. The van der Waals surface area contributed by atoms with Crippen LogP contribution in [0, 0.1) is 19.8 Å². The van der Waals surface area contributed by atoms with E-state index in [0.717, 1.165) is 25.2 Å². The lowest BCUT2D eigenvalue weighted by atomic mass is 9.86. The van der Waals surface area contributed by atoms with Crippen molar-refractivity contribution < 1.29 is 9.84 Å². The molecule has 0 aromatic heterocycles. The monoisotopic (exact) mass is 277 g/mol. The zero-order chi connectivity index (χ0) is 14.6. The predicted octanol–water partition coefficient (Wildman–Crippen LogP) is 2.82. The van der Waals surface area contributed by atoms with E-state index in [1.54, 1.807) is 0 Å². The Bertz CT molecular complexity index is 420. The summed E-state index contributed by atoms with van der Waals surface area (Å²) in [6, 6.07) is 6.24. The van der Waals surface area contributed by atoms with Crippen LogP contribution in [0.2, 0.25) is 0 Å². The number of hydrogen-bond donors (Lipinski definition) is 2. The van der Waals surface area contributed by atoms with Gasteiger partial charge in [0.25, 0.3) is 0 Å². The van der Waals surface area contributed by atoms with Crippen LogP contribution in [0.3, 0.4) is 0 Å². The van der Waals surface area contributed by atoms with E-state index < -0.39 is 0 Å². The summed E-state index contributed by atoms with van der Waals surface area (Å²) in [6.45, 7) is 5.12. The molecule has 0 heterocycles. The second kappa shape index (κ2) is 6.59. The van der Waals surface area contributed by atoms with E-state index in [1.165, 1.54) is 24.0 Å². The Kier molecular flexibility index (Phi) is 5.06. The maximum absolute atomic E-state index is 9.69. The number of ether oxygens (including phenoxy) is 1. The van der Waals surface area contributed by atoms with Crippen molar-refractivity contribution in [1.29, 1.82) is 0 Å².